The second-order valence-electron chi connectivity index (χ2n) is 12.8. The van der Waals surface area contributed by atoms with Crippen LogP contribution in [0, 0.1) is 0 Å². The molecule has 0 aliphatic carbocycles. The maximum absolute atomic E-state index is 13.6. The summed E-state index contributed by atoms with van der Waals surface area (Å²) >= 11 is 0. The lowest BCUT2D eigenvalue weighted by molar-refractivity contribution is 0.0780. The van der Waals surface area contributed by atoms with E-state index in [1.807, 2.05) is 36.4 Å². The normalized spacial score (nSPS) is 13.5. The molecular weight excluding hydrogens is 636 g/mol. The molecule has 50 heavy (non-hydrogen) atoms. The molecule has 0 atom stereocenters. The zero-order chi connectivity index (χ0) is 35.3. The first-order valence-electron chi connectivity index (χ1n) is 17.9. The van der Waals surface area contributed by atoms with Crippen molar-refractivity contribution in [2.45, 2.75) is 90.4 Å². The Morgan fingerprint density at radius 3 is 2.12 bits per heavy atom. The van der Waals surface area contributed by atoms with Crippen LogP contribution in [0.2, 0.25) is 0 Å². The van der Waals surface area contributed by atoms with Gasteiger partial charge in [-0.2, -0.15) is 5.10 Å². The molecule has 0 saturated carbocycles. The van der Waals surface area contributed by atoms with Crippen LogP contribution in [0.15, 0.2) is 41.2 Å². The number of methoxy groups -OCH3 is 4. The Morgan fingerprint density at radius 1 is 0.880 bits per heavy atom. The molecule has 2 N–H and O–H groups in total. The number of rotatable bonds is 20. The Labute approximate surface area is 295 Å². The first-order valence-corrected chi connectivity index (χ1v) is 17.9. The molecule has 12 heteroatoms. The lowest BCUT2D eigenvalue weighted by atomic mass is 10.1. The van der Waals surface area contributed by atoms with Crippen LogP contribution < -0.4 is 34.7 Å². The Balaban J connectivity index is 1.45. The van der Waals surface area contributed by atoms with E-state index in [2.05, 4.69) is 31.9 Å². The highest BCUT2D eigenvalue weighted by Crippen LogP contribution is 2.33. The number of anilines is 1. The Kier molecular flexibility index (Phi) is 13.8. The Hall–Kier alpha value is -4.29. The number of aryl methyl sites for hydroxylation is 2. The second kappa shape index (κ2) is 18.6. The first-order chi connectivity index (χ1) is 24.5. The predicted octanol–water partition coefficient (Wildman–Crippen LogP) is 6.03. The van der Waals surface area contributed by atoms with Crippen molar-refractivity contribution in [3.8, 4) is 23.0 Å². The number of aromatic amines is 1. The molecule has 0 unspecified atom stereocenters. The van der Waals surface area contributed by atoms with Crippen LogP contribution in [0.4, 0.5) is 5.82 Å². The predicted molar refractivity (Wildman–Crippen MR) is 196 cm³/mol. The van der Waals surface area contributed by atoms with E-state index >= 15 is 0 Å². The van der Waals surface area contributed by atoms with Gasteiger partial charge in [0.2, 0.25) is 0 Å². The van der Waals surface area contributed by atoms with Gasteiger partial charge in [0.25, 0.3) is 5.56 Å². The van der Waals surface area contributed by atoms with Crippen molar-refractivity contribution < 1.29 is 23.7 Å². The Bertz CT molecular complexity index is 1660. The monoisotopic (exact) mass is 690 g/mol. The first kappa shape index (κ1) is 37.0. The number of hydrogen-bond donors (Lipinski definition) is 2. The summed E-state index contributed by atoms with van der Waals surface area (Å²) in [5.41, 5.74) is 2.79. The number of nitrogens with one attached hydrogen (secondary N) is 2. The van der Waals surface area contributed by atoms with Crippen LogP contribution in [-0.2, 0) is 30.8 Å². The van der Waals surface area contributed by atoms with Crippen LogP contribution >= 0.6 is 0 Å². The van der Waals surface area contributed by atoms with Gasteiger partial charge in [0.15, 0.2) is 5.82 Å². The van der Waals surface area contributed by atoms with Crippen molar-refractivity contribution in [2.75, 3.05) is 53.1 Å². The maximum atomic E-state index is 13.6. The molecule has 272 valence electrons. The van der Waals surface area contributed by atoms with Gasteiger partial charge >= 0.3 is 0 Å². The molecule has 1 aliphatic heterocycles. The fraction of sp³-hybridized carbons (Fsp3) is 0.553. The lowest BCUT2D eigenvalue weighted by Gasteiger charge is -2.26. The van der Waals surface area contributed by atoms with Crippen LogP contribution in [0.1, 0.15) is 75.2 Å². The number of fused-ring (bicyclic) bond motifs is 1. The fourth-order valence-electron chi connectivity index (χ4n) is 6.62. The summed E-state index contributed by atoms with van der Waals surface area (Å²) < 4.78 is 30.1. The Morgan fingerprint density at radius 2 is 1.52 bits per heavy atom. The van der Waals surface area contributed by atoms with Gasteiger partial charge in [-0.3, -0.25) is 4.79 Å². The molecule has 1 aliphatic rings. The minimum atomic E-state index is -0.233. The van der Waals surface area contributed by atoms with Crippen LogP contribution in [0.5, 0.6) is 23.0 Å². The third-order valence-corrected chi connectivity index (χ3v) is 9.46. The number of aromatic nitrogens is 4. The minimum Gasteiger partial charge on any atom is -0.497 e. The summed E-state index contributed by atoms with van der Waals surface area (Å²) in [7, 11) is 6.57. The zero-order valence-corrected chi connectivity index (χ0v) is 30.4. The molecule has 12 nitrogen and oxygen atoms in total. The van der Waals surface area contributed by atoms with Crippen molar-refractivity contribution in [3.05, 3.63) is 63.7 Å². The van der Waals surface area contributed by atoms with Gasteiger partial charge in [0.1, 0.15) is 39.9 Å². The number of nitrogens with zero attached hydrogens (tertiary/aromatic N) is 4. The average molecular weight is 691 g/mol. The van der Waals surface area contributed by atoms with Gasteiger partial charge in [0.05, 0.1) is 28.4 Å². The fourth-order valence-corrected chi connectivity index (χ4v) is 6.62. The molecule has 2 aromatic heterocycles. The smallest absolute Gasteiger partial charge is 0.290 e. The molecule has 4 aromatic rings. The highest BCUT2D eigenvalue weighted by atomic mass is 16.5. The van der Waals surface area contributed by atoms with E-state index in [9.17, 15) is 4.79 Å². The number of hydrogen-bond acceptors (Lipinski definition) is 10. The molecule has 0 spiro atoms. The van der Waals surface area contributed by atoms with Crippen molar-refractivity contribution in [1.82, 2.24) is 25.1 Å². The number of H-pyrrole nitrogens is 1. The third-order valence-electron chi connectivity index (χ3n) is 9.46. The summed E-state index contributed by atoms with van der Waals surface area (Å²) in [6, 6.07) is 12.1. The molecule has 0 amide bonds. The van der Waals surface area contributed by atoms with Crippen molar-refractivity contribution in [3.63, 3.8) is 0 Å². The summed E-state index contributed by atoms with van der Waals surface area (Å²) in [6.07, 6.45) is 9.32. The third kappa shape index (κ3) is 9.28. The van der Waals surface area contributed by atoms with E-state index in [4.69, 9.17) is 28.7 Å². The number of ether oxygens (including phenoxy) is 5. The van der Waals surface area contributed by atoms with Crippen molar-refractivity contribution >= 4 is 16.9 Å². The maximum Gasteiger partial charge on any atom is 0.290 e. The van der Waals surface area contributed by atoms with E-state index in [1.54, 1.807) is 28.4 Å². The van der Waals surface area contributed by atoms with Gasteiger partial charge in [0, 0.05) is 68.6 Å². The van der Waals surface area contributed by atoms with Gasteiger partial charge in [-0.05, 0) is 62.9 Å². The van der Waals surface area contributed by atoms with Crippen molar-refractivity contribution in [1.29, 1.82) is 0 Å². The molecular formula is C38H54N6O6. The molecule has 3 heterocycles. The van der Waals surface area contributed by atoms with E-state index in [0.29, 0.717) is 59.0 Å². The molecule has 0 bridgehead atoms. The lowest BCUT2D eigenvalue weighted by Crippen LogP contribution is -2.35. The SMILES string of the molecule is CCCCc1nc2c(N(Cc3ccc(OC)cc3OC)Cc3ccc(OC)cc3OC)n[nH]c(=O)c2n1CCCCCCNC1CCOCC1. The summed E-state index contributed by atoms with van der Waals surface area (Å²) in [6.45, 7) is 6.50. The highest BCUT2D eigenvalue weighted by Gasteiger charge is 2.24. The minimum absolute atomic E-state index is 0.233. The van der Waals surface area contributed by atoms with Crippen LogP contribution in [0.25, 0.3) is 11.0 Å². The average Bonchev–Trinajstić information content (AvgIpc) is 3.52. The molecule has 1 saturated heterocycles. The topological polar surface area (TPSA) is 125 Å². The van der Waals surface area contributed by atoms with Crippen LogP contribution in [-0.4, -0.2) is 74.0 Å². The van der Waals surface area contributed by atoms with E-state index in [0.717, 1.165) is 101 Å². The molecule has 2 aromatic carbocycles. The summed E-state index contributed by atoms with van der Waals surface area (Å²) in [5.74, 6) is 4.29. The second-order valence-corrected chi connectivity index (χ2v) is 12.8. The quantitative estimate of drug-likeness (QED) is 0.106. The van der Waals surface area contributed by atoms with E-state index < -0.39 is 0 Å². The number of unbranched alkanes of at least 4 members (excludes halogenated alkanes) is 4. The van der Waals surface area contributed by atoms with E-state index in [1.165, 1.54) is 0 Å². The van der Waals surface area contributed by atoms with Gasteiger partial charge in [-0.25, -0.2) is 10.1 Å². The van der Waals surface area contributed by atoms with Crippen molar-refractivity contribution in [2.24, 2.45) is 0 Å². The standard InChI is InChI=1S/C38H54N6O6/c1-6-7-12-34-40-35-36(44(34)20-11-9-8-10-19-39-29-17-21-50-22-18-29)38(45)42-41-37(35)43(25-27-13-15-30(46-2)23-32(27)48-4)26-28-14-16-31(47-3)24-33(28)49-5/h13-16,23-24,29,39H,6-12,17-22,25-26H2,1-5H3,(H,42,45). The zero-order valence-electron chi connectivity index (χ0n) is 30.4. The number of benzene rings is 2. The van der Waals surface area contributed by atoms with Gasteiger partial charge in [-0.15, -0.1) is 0 Å². The number of imidazole rings is 1. The molecule has 1 fully saturated rings. The highest BCUT2D eigenvalue weighted by molar-refractivity contribution is 5.86. The largest absolute Gasteiger partial charge is 0.497 e. The summed E-state index contributed by atoms with van der Waals surface area (Å²) in [5, 5.41) is 11.2. The van der Waals surface area contributed by atoms with Gasteiger partial charge < -0.3 is 38.5 Å². The molecule has 0 radical (unpaired) electrons. The summed E-state index contributed by atoms with van der Waals surface area (Å²) in [4.78, 5) is 20.8. The van der Waals surface area contributed by atoms with Gasteiger partial charge in [-0.1, -0.05) is 26.2 Å². The van der Waals surface area contributed by atoms with E-state index in [-0.39, 0.29) is 5.56 Å². The molecule has 5 rings (SSSR count). The van der Waals surface area contributed by atoms with Crippen LogP contribution in [0.3, 0.4) is 0 Å².